The van der Waals surface area contributed by atoms with Crippen LogP contribution in [0.15, 0.2) is 51.7 Å². The summed E-state index contributed by atoms with van der Waals surface area (Å²) < 4.78 is 8.36. The van der Waals surface area contributed by atoms with Crippen LogP contribution in [0.25, 0.3) is 16.5 Å². The van der Waals surface area contributed by atoms with Gasteiger partial charge in [-0.05, 0) is 105 Å². The molecule has 0 spiro atoms. The maximum atomic E-state index is 12.7. The number of nitrogens with zero attached hydrogens (tertiary/aromatic N) is 3. The molecule has 6 bridgehead atoms. The first-order valence-corrected chi connectivity index (χ1v) is 17.4. The van der Waals surface area contributed by atoms with Crippen LogP contribution in [0.1, 0.15) is 70.9 Å². The number of halogens is 1. The molecule has 2 aliphatic rings. The Morgan fingerprint density at radius 1 is 1.07 bits per heavy atom. The zero-order valence-electron chi connectivity index (χ0n) is 27.2. The lowest BCUT2D eigenvalue weighted by Gasteiger charge is -2.21. The number of fused-ring (bicyclic) bond motifs is 4. The van der Waals surface area contributed by atoms with Crippen LogP contribution in [-0.2, 0) is 25.8 Å². The molecule has 3 aromatic rings. The average Bonchev–Trinajstić information content (AvgIpc) is 3.32. The van der Waals surface area contributed by atoms with Crippen molar-refractivity contribution in [2.24, 2.45) is 21.5 Å². The highest BCUT2D eigenvalue weighted by atomic mass is 35.5. The number of allylic oxidation sites excluding steroid dienone is 2. The SMILES string of the molecule is CN=C1C=C(N)CSCC(N)=C(C(C)=NC)c2c(Cl)ccc3c2c(C)c(C(=O)O)n3CCCOc2cc(cc3c2CCCC3)CC1. The number of benzene rings is 2. The van der Waals surface area contributed by atoms with Crippen LogP contribution in [0.2, 0.25) is 5.02 Å². The summed E-state index contributed by atoms with van der Waals surface area (Å²) in [5.41, 5.74) is 23.3. The molecule has 0 amide bonds. The number of thioether (sulfide) groups is 1. The van der Waals surface area contributed by atoms with Gasteiger partial charge >= 0.3 is 5.97 Å². The number of aryl methyl sites for hydroxylation is 4. The lowest BCUT2D eigenvalue weighted by molar-refractivity contribution is 0.0684. The van der Waals surface area contributed by atoms with Crippen LogP contribution in [0, 0.1) is 6.92 Å². The van der Waals surface area contributed by atoms with Crippen molar-refractivity contribution >= 4 is 57.2 Å². The molecule has 244 valence electrons. The van der Waals surface area contributed by atoms with Gasteiger partial charge in [0.2, 0.25) is 0 Å². The zero-order chi connectivity index (χ0) is 33.0. The number of carboxylic acid groups (broad SMARTS) is 1. The van der Waals surface area contributed by atoms with Gasteiger partial charge in [0.1, 0.15) is 11.4 Å². The largest absolute Gasteiger partial charge is 0.493 e. The zero-order valence-corrected chi connectivity index (χ0v) is 28.8. The summed E-state index contributed by atoms with van der Waals surface area (Å²) >= 11 is 8.52. The Balaban J connectivity index is 1.64. The summed E-state index contributed by atoms with van der Waals surface area (Å²) in [5, 5.41) is 11.7. The highest BCUT2D eigenvalue weighted by molar-refractivity contribution is 7.99. The van der Waals surface area contributed by atoms with Crippen molar-refractivity contribution in [3.8, 4) is 5.75 Å². The molecular formula is C36H44ClN5O3S. The van der Waals surface area contributed by atoms with E-state index in [-0.39, 0.29) is 5.69 Å². The summed E-state index contributed by atoms with van der Waals surface area (Å²) in [6.45, 7) is 4.68. The predicted molar refractivity (Wildman–Crippen MR) is 193 cm³/mol. The van der Waals surface area contributed by atoms with Gasteiger partial charge in [0.15, 0.2) is 0 Å². The molecule has 46 heavy (non-hydrogen) atoms. The van der Waals surface area contributed by atoms with Crippen LogP contribution < -0.4 is 16.2 Å². The first-order chi connectivity index (χ1) is 22.1. The molecule has 10 heteroatoms. The van der Waals surface area contributed by atoms with Crippen molar-refractivity contribution in [3.05, 3.63) is 80.3 Å². The van der Waals surface area contributed by atoms with Gasteiger partial charge in [0.25, 0.3) is 0 Å². The number of carboxylic acids is 1. The van der Waals surface area contributed by atoms with Crippen LogP contribution in [-0.4, -0.2) is 59.3 Å². The van der Waals surface area contributed by atoms with E-state index in [9.17, 15) is 9.90 Å². The molecule has 5 N–H and O–H groups in total. The number of nitrogens with two attached hydrogens (primary N) is 2. The van der Waals surface area contributed by atoms with Gasteiger partial charge in [-0.3, -0.25) is 9.98 Å². The summed E-state index contributed by atoms with van der Waals surface area (Å²) in [7, 11) is 3.53. The van der Waals surface area contributed by atoms with Gasteiger partial charge < -0.3 is 25.9 Å². The number of aliphatic imine (C=N–C) groups is 2. The van der Waals surface area contributed by atoms with E-state index in [0.29, 0.717) is 52.9 Å². The second-order valence-electron chi connectivity index (χ2n) is 12.0. The predicted octanol–water partition coefficient (Wildman–Crippen LogP) is 7.00. The lowest BCUT2D eigenvalue weighted by Crippen LogP contribution is -2.13. The van der Waals surface area contributed by atoms with Crippen molar-refractivity contribution in [3.63, 3.8) is 0 Å². The smallest absolute Gasteiger partial charge is 0.352 e. The number of hydrogen-bond donors (Lipinski definition) is 3. The second kappa shape index (κ2) is 14.8. The van der Waals surface area contributed by atoms with Gasteiger partial charge in [-0.1, -0.05) is 17.7 Å². The van der Waals surface area contributed by atoms with Crippen molar-refractivity contribution in [1.82, 2.24) is 4.57 Å². The highest BCUT2D eigenvalue weighted by Gasteiger charge is 2.26. The standard InChI is InChI=1S/C36H44ClN5O3S/c1-21-32-30-13-12-28(37)34(32)33(22(2)40-3)29(39)20-46-19-25(38)18-26(41-4)11-10-23-16-24-8-5-6-9-27(24)31(17-23)45-15-7-14-42(30)35(21)36(43)44/h12-13,16-18H,5-11,14-15,19-20,38-39H2,1-4H3,(H,43,44). The molecule has 2 aromatic carbocycles. The van der Waals surface area contributed by atoms with Gasteiger partial charge in [-0.25, -0.2) is 4.79 Å². The number of hydrogen-bond acceptors (Lipinski definition) is 7. The van der Waals surface area contributed by atoms with E-state index in [1.54, 1.807) is 18.8 Å². The summed E-state index contributed by atoms with van der Waals surface area (Å²) in [5.74, 6) is 1.02. The molecule has 0 radical (unpaired) electrons. The second-order valence-corrected chi connectivity index (χ2v) is 13.4. The van der Waals surface area contributed by atoms with E-state index in [1.807, 2.05) is 43.7 Å². The van der Waals surface area contributed by atoms with E-state index >= 15 is 0 Å². The van der Waals surface area contributed by atoms with E-state index in [2.05, 4.69) is 22.1 Å². The molecule has 0 saturated carbocycles. The minimum Gasteiger partial charge on any atom is -0.493 e. The van der Waals surface area contributed by atoms with Crippen LogP contribution >= 0.6 is 23.4 Å². The van der Waals surface area contributed by atoms with Crippen LogP contribution in [0.4, 0.5) is 0 Å². The molecule has 0 fully saturated rings. The molecule has 1 aromatic heterocycles. The Bertz CT molecular complexity index is 1790. The highest BCUT2D eigenvalue weighted by Crippen LogP contribution is 2.39. The van der Waals surface area contributed by atoms with Crippen LogP contribution in [0.5, 0.6) is 5.75 Å². The molecule has 2 heterocycles. The van der Waals surface area contributed by atoms with Gasteiger partial charge in [0.05, 0.1) is 6.61 Å². The average molecular weight is 662 g/mol. The fourth-order valence-electron chi connectivity index (χ4n) is 6.75. The van der Waals surface area contributed by atoms with E-state index in [0.717, 1.165) is 71.5 Å². The summed E-state index contributed by atoms with van der Waals surface area (Å²) in [6.07, 6.45) is 8.62. The minimum atomic E-state index is -0.986. The van der Waals surface area contributed by atoms with Gasteiger partial charge in [-0.2, -0.15) is 0 Å². The normalized spacial score (nSPS) is 18.2. The Hall–Kier alpha value is -3.69. The third-order valence-corrected chi connectivity index (χ3v) is 10.4. The van der Waals surface area contributed by atoms with E-state index < -0.39 is 5.97 Å². The number of carbonyl (C=O) groups is 1. The third kappa shape index (κ3) is 7.00. The maximum absolute atomic E-state index is 12.7. The number of ether oxygens (including phenoxy) is 1. The first kappa shape index (κ1) is 33.7. The fourth-order valence-corrected chi connectivity index (χ4v) is 7.78. The Morgan fingerprint density at radius 3 is 2.59 bits per heavy atom. The van der Waals surface area contributed by atoms with E-state index in [4.69, 9.17) is 27.8 Å². The number of rotatable bonds is 2. The molecule has 1 aliphatic heterocycles. The van der Waals surface area contributed by atoms with Crippen molar-refractivity contribution in [2.45, 2.75) is 65.3 Å². The molecule has 0 atom stereocenters. The molecule has 1 aliphatic carbocycles. The van der Waals surface area contributed by atoms with Crippen molar-refractivity contribution < 1.29 is 14.6 Å². The Kier molecular flexibility index (Phi) is 10.8. The quantitative estimate of drug-likeness (QED) is 0.254. The lowest BCUT2D eigenvalue weighted by atomic mass is 9.88. The molecule has 8 nitrogen and oxygen atoms in total. The number of aromatic carboxylic acids is 1. The van der Waals surface area contributed by atoms with Crippen LogP contribution in [0.3, 0.4) is 0 Å². The topological polar surface area (TPSA) is 128 Å². The number of aromatic nitrogens is 1. The van der Waals surface area contributed by atoms with Crippen molar-refractivity contribution in [1.29, 1.82) is 0 Å². The van der Waals surface area contributed by atoms with Gasteiger partial charge in [-0.15, -0.1) is 11.8 Å². The Labute approximate surface area is 280 Å². The molecule has 0 unspecified atom stereocenters. The summed E-state index contributed by atoms with van der Waals surface area (Å²) in [4.78, 5) is 21.7. The first-order valence-electron chi connectivity index (χ1n) is 15.9. The summed E-state index contributed by atoms with van der Waals surface area (Å²) in [6, 6.07) is 8.23. The molecule has 0 saturated heterocycles. The fraction of sp³-hybridized carbons (Fsp3) is 0.417. The minimum absolute atomic E-state index is 0.240. The third-order valence-electron chi connectivity index (χ3n) is 9.00. The molecular weight excluding hydrogens is 618 g/mol. The maximum Gasteiger partial charge on any atom is 0.352 e. The Morgan fingerprint density at radius 2 is 1.85 bits per heavy atom. The van der Waals surface area contributed by atoms with Crippen molar-refractivity contribution in [2.75, 3.05) is 32.2 Å². The molecule has 5 rings (SSSR count). The van der Waals surface area contributed by atoms with E-state index in [1.165, 1.54) is 23.1 Å². The monoisotopic (exact) mass is 661 g/mol. The van der Waals surface area contributed by atoms with Gasteiger partial charge in [0, 0.05) is 82.0 Å².